The molecule has 1 aromatic rings. The van der Waals surface area contributed by atoms with E-state index in [2.05, 4.69) is 10.4 Å². The fourth-order valence-corrected chi connectivity index (χ4v) is 4.23. The predicted molar refractivity (Wildman–Crippen MR) is 88.7 cm³/mol. The van der Waals surface area contributed by atoms with Gasteiger partial charge in [0.15, 0.2) is 0 Å². The minimum Gasteiger partial charge on any atom is -0.481 e. The Morgan fingerprint density at radius 3 is 2.88 bits per heavy atom. The summed E-state index contributed by atoms with van der Waals surface area (Å²) in [5.41, 5.74) is 1.41. The number of nitrogens with zero attached hydrogens (tertiary/aromatic N) is 3. The largest absolute Gasteiger partial charge is 0.481 e. The molecule has 2 heterocycles. The number of hydrogen-bond acceptors (Lipinski definition) is 3. The fraction of sp³-hybridized carbons (Fsp3) is 0.706. The van der Waals surface area contributed by atoms with Crippen molar-refractivity contribution in [3.8, 4) is 0 Å². The van der Waals surface area contributed by atoms with Crippen LogP contribution in [0.4, 0.5) is 4.79 Å². The van der Waals surface area contributed by atoms with Crippen molar-refractivity contribution < 1.29 is 14.7 Å². The summed E-state index contributed by atoms with van der Waals surface area (Å²) < 4.78 is 1.95. The zero-order valence-corrected chi connectivity index (χ0v) is 14.4. The van der Waals surface area contributed by atoms with Gasteiger partial charge in [-0.3, -0.25) is 9.48 Å². The normalized spacial score (nSPS) is 25.8. The van der Waals surface area contributed by atoms with Crippen LogP contribution in [0, 0.1) is 25.2 Å². The summed E-state index contributed by atoms with van der Waals surface area (Å²) in [6.45, 7) is 6.23. The molecule has 24 heavy (non-hydrogen) atoms. The number of fused-ring (bicyclic) bond motifs is 1. The predicted octanol–water partition coefficient (Wildman–Crippen LogP) is 1.79. The highest BCUT2D eigenvalue weighted by Gasteiger charge is 2.55. The second-order valence-electron chi connectivity index (χ2n) is 7.17. The van der Waals surface area contributed by atoms with Crippen LogP contribution in [0.1, 0.15) is 37.1 Å². The highest BCUT2D eigenvalue weighted by molar-refractivity contribution is 5.80. The van der Waals surface area contributed by atoms with E-state index in [9.17, 15) is 14.7 Å². The lowest BCUT2D eigenvalue weighted by molar-refractivity contribution is -0.149. The average Bonchev–Trinajstić information content (AvgIpc) is 3.15. The SMILES string of the molecule is Cc1cc(C)n(CCCNC(=O)N2C[C@@H]3CCC[C@@]3(C(=O)O)C2)n1. The Hall–Kier alpha value is -2.05. The number of carboxylic acids is 1. The molecule has 2 atom stereocenters. The van der Waals surface area contributed by atoms with Crippen molar-refractivity contribution in [2.45, 2.75) is 46.1 Å². The molecule has 1 aliphatic carbocycles. The number of aliphatic carboxylic acids is 1. The van der Waals surface area contributed by atoms with Crippen molar-refractivity contribution in [1.82, 2.24) is 20.0 Å². The second kappa shape index (κ2) is 6.45. The van der Waals surface area contributed by atoms with Gasteiger partial charge in [0.1, 0.15) is 0 Å². The molecule has 1 aromatic heterocycles. The first kappa shape index (κ1) is 16.8. The number of carbonyl (C=O) groups excluding carboxylic acids is 1. The Morgan fingerprint density at radius 2 is 2.25 bits per heavy atom. The molecule has 2 amide bonds. The summed E-state index contributed by atoms with van der Waals surface area (Å²) in [4.78, 5) is 25.7. The monoisotopic (exact) mass is 334 g/mol. The summed E-state index contributed by atoms with van der Waals surface area (Å²) in [6, 6.07) is 1.89. The van der Waals surface area contributed by atoms with Crippen LogP contribution in [0.3, 0.4) is 0 Å². The quantitative estimate of drug-likeness (QED) is 0.804. The van der Waals surface area contributed by atoms with E-state index in [-0.39, 0.29) is 11.9 Å². The lowest BCUT2D eigenvalue weighted by Crippen LogP contribution is -2.42. The molecule has 1 saturated carbocycles. The summed E-state index contributed by atoms with van der Waals surface area (Å²) in [5.74, 6) is -0.639. The Morgan fingerprint density at radius 1 is 1.46 bits per heavy atom. The summed E-state index contributed by atoms with van der Waals surface area (Å²) >= 11 is 0. The minimum absolute atomic E-state index is 0.107. The van der Waals surface area contributed by atoms with Gasteiger partial charge < -0.3 is 15.3 Å². The lowest BCUT2D eigenvalue weighted by atomic mass is 9.81. The van der Waals surface area contributed by atoms with Crippen LogP contribution in [0.2, 0.25) is 0 Å². The molecule has 2 fully saturated rings. The van der Waals surface area contributed by atoms with Gasteiger partial charge in [0.25, 0.3) is 0 Å². The average molecular weight is 334 g/mol. The first-order chi connectivity index (χ1) is 11.4. The van der Waals surface area contributed by atoms with E-state index in [1.165, 1.54) is 0 Å². The maximum Gasteiger partial charge on any atom is 0.317 e. The molecule has 132 valence electrons. The first-order valence-electron chi connectivity index (χ1n) is 8.69. The maximum absolute atomic E-state index is 12.3. The summed E-state index contributed by atoms with van der Waals surface area (Å²) in [6.07, 6.45) is 3.35. The minimum atomic E-state index is -0.746. The van der Waals surface area contributed by atoms with Crippen molar-refractivity contribution in [3.05, 3.63) is 17.5 Å². The molecule has 1 aliphatic heterocycles. The van der Waals surface area contributed by atoms with Crippen molar-refractivity contribution in [1.29, 1.82) is 0 Å². The third-order valence-electron chi connectivity index (χ3n) is 5.51. The molecule has 0 unspecified atom stereocenters. The van der Waals surface area contributed by atoms with E-state index >= 15 is 0 Å². The first-order valence-corrected chi connectivity index (χ1v) is 8.69. The Balaban J connectivity index is 1.46. The van der Waals surface area contributed by atoms with Gasteiger partial charge in [-0.2, -0.15) is 5.10 Å². The van der Waals surface area contributed by atoms with E-state index in [0.29, 0.717) is 26.1 Å². The van der Waals surface area contributed by atoms with E-state index in [1.807, 2.05) is 24.6 Å². The molecule has 7 heteroatoms. The number of likely N-dealkylation sites (tertiary alicyclic amines) is 1. The van der Waals surface area contributed by atoms with Crippen LogP contribution in [-0.4, -0.2) is 51.4 Å². The third-order valence-corrected chi connectivity index (χ3v) is 5.51. The maximum atomic E-state index is 12.3. The lowest BCUT2D eigenvalue weighted by Gasteiger charge is -2.23. The number of urea groups is 1. The van der Waals surface area contributed by atoms with Crippen LogP contribution in [0.25, 0.3) is 0 Å². The highest BCUT2D eigenvalue weighted by atomic mass is 16.4. The Kier molecular flexibility index (Phi) is 4.51. The van der Waals surface area contributed by atoms with E-state index in [1.54, 1.807) is 4.90 Å². The molecular weight excluding hydrogens is 308 g/mol. The van der Waals surface area contributed by atoms with Crippen molar-refractivity contribution in [2.75, 3.05) is 19.6 Å². The van der Waals surface area contributed by atoms with Gasteiger partial charge >= 0.3 is 12.0 Å². The van der Waals surface area contributed by atoms with Gasteiger partial charge in [-0.1, -0.05) is 6.42 Å². The number of carboxylic acid groups (broad SMARTS) is 1. The molecule has 3 rings (SSSR count). The fourth-order valence-electron chi connectivity index (χ4n) is 4.23. The van der Waals surface area contributed by atoms with Gasteiger partial charge in [-0.15, -0.1) is 0 Å². The molecule has 2 aliphatic rings. The van der Waals surface area contributed by atoms with Crippen LogP contribution in [0.5, 0.6) is 0 Å². The van der Waals surface area contributed by atoms with Crippen LogP contribution >= 0.6 is 0 Å². The molecule has 1 saturated heterocycles. The Bertz CT molecular complexity index is 642. The standard InChI is InChI=1S/C17H26N4O3/c1-12-9-13(2)21(19-12)8-4-7-18-16(24)20-10-14-5-3-6-17(14,11-20)15(22)23/h9,14H,3-8,10-11H2,1-2H3,(H,18,24)(H,22,23)/t14-,17+/m0/s1. The van der Waals surface area contributed by atoms with Crippen LogP contribution in [0.15, 0.2) is 6.07 Å². The van der Waals surface area contributed by atoms with E-state index in [4.69, 9.17) is 0 Å². The number of aryl methyl sites for hydroxylation is 3. The summed E-state index contributed by atoms with van der Waals surface area (Å²) in [5, 5.41) is 16.9. The number of nitrogens with one attached hydrogen (secondary N) is 1. The van der Waals surface area contributed by atoms with Gasteiger partial charge in [0.05, 0.1) is 11.1 Å². The number of rotatable bonds is 5. The van der Waals surface area contributed by atoms with Crippen molar-refractivity contribution in [2.24, 2.45) is 11.3 Å². The molecule has 0 radical (unpaired) electrons. The smallest absolute Gasteiger partial charge is 0.317 e. The van der Waals surface area contributed by atoms with Crippen molar-refractivity contribution in [3.63, 3.8) is 0 Å². The van der Waals surface area contributed by atoms with Crippen LogP contribution < -0.4 is 5.32 Å². The number of aromatic nitrogens is 2. The van der Waals surface area contributed by atoms with Crippen LogP contribution in [-0.2, 0) is 11.3 Å². The molecule has 2 N–H and O–H groups in total. The topological polar surface area (TPSA) is 87.5 Å². The number of carbonyl (C=O) groups is 2. The van der Waals surface area contributed by atoms with E-state index in [0.717, 1.165) is 37.2 Å². The van der Waals surface area contributed by atoms with E-state index < -0.39 is 11.4 Å². The zero-order chi connectivity index (χ0) is 17.3. The van der Waals surface area contributed by atoms with Gasteiger partial charge in [-0.25, -0.2) is 4.79 Å². The number of hydrogen-bond donors (Lipinski definition) is 2. The highest BCUT2D eigenvalue weighted by Crippen LogP contribution is 2.48. The number of amides is 2. The zero-order valence-electron chi connectivity index (χ0n) is 14.4. The summed E-state index contributed by atoms with van der Waals surface area (Å²) in [7, 11) is 0. The third kappa shape index (κ3) is 2.99. The molecule has 7 nitrogen and oxygen atoms in total. The van der Waals surface area contributed by atoms with Gasteiger partial charge in [0.2, 0.25) is 0 Å². The molecular formula is C17H26N4O3. The molecule has 0 spiro atoms. The van der Waals surface area contributed by atoms with Gasteiger partial charge in [-0.05, 0) is 45.1 Å². The van der Waals surface area contributed by atoms with Gasteiger partial charge in [0, 0.05) is 31.9 Å². The second-order valence-corrected chi connectivity index (χ2v) is 7.17. The molecule has 0 bridgehead atoms. The van der Waals surface area contributed by atoms with Crippen molar-refractivity contribution >= 4 is 12.0 Å². The Labute approximate surface area is 142 Å². The molecule has 0 aromatic carbocycles.